The number of aliphatic imine (C=N–C) groups is 1. The summed E-state index contributed by atoms with van der Waals surface area (Å²) >= 11 is 1.70. The number of thiazole rings is 1. The number of aromatic nitrogens is 1. The van der Waals surface area contributed by atoms with E-state index in [1.165, 1.54) is 19.4 Å². The Morgan fingerprint density at radius 3 is 3.21 bits per heavy atom. The zero-order chi connectivity index (χ0) is 16.8. The molecule has 2 atom stereocenters. The molecule has 3 rings (SSSR count). The van der Waals surface area contributed by atoms with E-state index in [9.17, 15) is 0 Å². The minimum atomic E-state index is 0.219. The minimum absolute atomic E-state index is 0.219. The van der Waals surface area contributed by atoms with Gasteiger partial charge < -0.3 is 15.4 Å². The summed E-state index contributed by atoms with van der Waals surface area (Å²) in [5, 5.41) is 9.96. The first-order valence-electron chi connectivity index (χ1n) is 9.03. The molecule has 0 aromatic carbocycles. The van der Waals surface area contributed by atoms with E-state index in [4.69, 9.17) is 9.73 Å². The van der Waals surface area contributed by atoms with Crippen molar-refractivity contribution < 1.29 is 4.74 Å². The second kappa shape index (κ2) is 8.78. The predicted molar refractivity (Wildman–Crippen MR) is 98.9 cm³/mol. The largest absolute Gasteiger partial charge is 0.373 e. The van der Waals surface area contributed by atoms with Crippen LogP contribution in [0.25, 0.3) is 0 Å². The number of nitrogens with one attached hydrogen (secondary N) is 2. The van der Waals surface area contributed by atoms with Crippen LogP contribution in [-0.4, -0.2) is 67.3 Å². The molecule has 2 aliphatic rings. The van der Waals surface area contributed by atoms with Gasteiger partial charge in [-0.25, -0.2) is 4.98 Å². The first-order valence-corrected chi connectivity index (χ1v) is 9.91. The van der Waals surface area contributed by atoms with Gasteiger partial charge in [-0.3, -0.25) is 9.89 Å². The van der Waals surface area contributed by atoms with Gasteiger partial charge in [0.1, 0.15) is 0 Å². The molecule has 0 radical (unpaired) electrons. The van der Waals surface area contributed by atoms with Crippen LogP contribution in [0.15, 0.2) is 10.4 Å². The second-order valence-electron chi connectivity index (χ2n) is 6.50. The second-order valence-corrected chi connectivity index (χ2v) is 7.56. The summed E-state index contributed by atoms with van der Waals surface area (Å²) in [4.78, 5) is 11.8. The van der Waals surface area contributed by atoms with Crippen molar-refractivity contribution >= 4 is 17.3 Å². The normalized spacial score (nSPS) is 24.8. The molecular formula is C17H29N5OS. The van der Waals surface area contributed by atoms with Crippen LogP contribution in [0, 0.1) is 6.92 Å². The van der Waals surface area contributed by atoms with Crippen molar-refractivity contribution in [3.8, 4) is 0 Å². The number of aryl methyl sites for hydroxylation is 1. The molecule has 134 valence electrons. The van der Waals surface area contributed by atoms with Gasteiger partial charge in [-0.2, -0.15) is 0 Å². The first kappa shape index (κ1) is 17.6. The fourth-order valence-corrected chi connectivity index (χ4v) is 4.01. The van der Waals surface area contributed by atoms with Gasteiger partial charge in [0, 0.05) is 37.5 Å². The summed E-state index contributed by atoms with van der Waals surface area (Å²) in [6.45, 7) is 9.66. The summed E-state index contributed by atoms with van der Waals surface area (Å²) in [7, 11) is 0. The van der Waals surface area contributed by atoms with Crippen LogP contribution in [0.1, 0.15) is 30.5 Å². The number of nitrogens with zero attached hydrogens (tertiary/aromatic N) is 3. The lowest BCUT2D eigenvalue weighted by Crippen LogP contribution is -2.47. The molecule has 6 nitrogen and oxygen atoms in total. The van der Waals surface area contributed by atoms with E-state index in [1.54, 1.807) is 11.3 Å². The summed E-state index contributed by atoms with van der Waals surface area (Å²) < 4.78 is 5.98. The van der Waals surface area contributed by atoms with Gasteiger partial charge in [0.05, 0.1) is 30.0 Å². The van der Waals surface area contributed by atoms with Gasteiger partial charge in [0.25, 0.3) is 0 Å². The van der Waals surface area contributed by atoms with Crippen molar-refractivity contribution in [1.29, 1.82) is 0 Å². The summed E-state index contributed by atoms with van der Waals surface area (Å²) in [5.41, 5.74) is 1.15. The molecule has 24 heavy (non-hydrogen) atoms. The summed E-state index contributed by atoms with van der Waals surface area (Å²) in [5.74, 6) is 0.872. The Morgan fingerprint density at radius 2 is 2.42 bits per heavy atom. The molecule has 0 amide bonds. The Bertz CT molecular complexity index is 547. The van der Waals surface area contributed by atoms with Gasteiger partial charge in [0.2, 0.25) is 0 Å². The van der Waals surface area contributed by atoms with Crippen molar-refractivity contribution in [1.82, 2.24) is 20.5 Å². The number of ether oxygens (including phenoxy) is 1. The molecule has 0 spiro atoms. The number of morpholine rings is 1. The van der Waals surface area contributed by atoms with Gasteiger partial charge >= 0.3 is 0 Å². The Balaban J connectivity index is 1.44. The predicted octanol–water partition coefficient (Wildman–Crippen LogP) is 1.41. The Hall–Kier alpha value is -1.18. The number of hydrogen-bond donors (Lipinski definition) is 2. The number of guanidine groups is 1. The van der Waals surface area contributed by atoms with E-state index in [0.29, 0.717) is 12.6 Å². The lowest BCUT2D eigenvalue weighted by Gasteiger charge is -2.34. The summed E-state index contributed by atoms with van der Waals surface area (Å²) in [6.07, 6.45) is 3.74. The minimum Gasteiger partial charge on any atom is -0.373 e. The molecule has 2 fully saturated rings. The Labute approximate surface area is 148 Å². The molecule has 1 aromatic heterocycles. The van der Waals surface area contributed by atoms with E-state index in [1.807, 2.05) is 6.92 Å². The monoisotopic (exact) mass is 351 g/mol. The molecule has 2 unspecified atom stereocenters. The van der Waals surface area contributed by atoms with Gasteiger partial charge in [-0.05, 0) is 33.2 Å². The van der Waals surface area contributed by atoms with E-state index in [0.717, 1.165) is 49.3 Å². The van der Waals surface area contributed by atoms with E-state index in [-0.39, 0.29) is 6.10 Å². The Morgan fingerprint density at radius 1 is 1.50 bits per heavy atom. The highest BCUT2D eigenvalue weighted by Gasteiger charge is 2.31. The highest BCUT2D eigenvalue weighted by molar-refractivity contribution is 7.09. The van der Waals surface area contributed by atoms with Crippen LogP contribution in [0.3, 0.4) is 0 Å². The number of hydrogen-bond acceptors (Lipinski definition) is 5. The van der Waals surface area contributed by atoms with Crippen LogP contribution >= 0.6 is 11.3 Å². The SMILES string of the molecule is CCNC(=NCC1CN2CCCC2CO1)NCCc1csc(C)n1. The highest BCUT2D eigenvalue weighted by Crippen LogP contribution is 2.22. The van der Waals surface area contributed by atoms with Crippen molar-refractivity contribution in [3.05, 3.63) is 16.1 Å². The van der Waals surface area contributed by atoms with Gasteiger partial charge in [-0.15, -0.1) is 11.3 Å². The maximum atomic E-state index is 5.98. The Kier molecular flexibility index (Phi) is 6.45. The lowest BCUT2D eigenvalue weighted by atomic mass is 10.2. The molecule has 2 saturated heterocycles. The third-order valence-corrected chi connectivity index (χ3v) is 5.42. The molecule has 0 saturated carbocycles. The maximum Gasteiger partial charge on any atom is 0.191 e. The maximum absolute atomic E-state index is 5.98. The number of fused-ring (bicyclic) bond motifs is 1. The van der Waals surface area contributed by atoms with Crippen LogP contribution < -0.4 is 10.6 Å². The van der Waals surface area contributed by atoms with Gasteiger partial charge in [0.15, 0.2) is 5.96 Å². The molecule has 2 N–H and O–H groups in total. The zero-order valence-corrected chi connectivity index (χ0v) is 15.6. The van der Waals surface area contributed by atoms with E-state index >= 15 is 0 Å². The fraction of sp³-hybridized carbons (Fsp3) is 0.765. The first-order chi connectivity index (χ1) is 11.7. The molecule has 7 heteroatoms. The average Bonchev–Trinajstić information content (AvgIpc) is 3.20. The molecular weight excluding hydrogens is 322 g/mol. The van der Waals surface area contributed by atoms with Crippen LogP contribution in [0.4, 0.5) is 0 Å². The van der Waals surface area contributed by atoms with Crippen molar-refractivity contribution in [2.45, 2.75) is 45.3 Å². The van der Waals surface area contributed by atoms with Gasteiger partial charge in [-0.1, -0.05) is 0 Å². The highest BCUT2D eigenvalue weighted by atomic mass is 32.1. The number of rotatable bonds is 6. The van der Waals surface area contributed by atoms with Crippen LogP contribution in [-0.2, 0) is 11.2 Å². The van der Waals surface area contributed by atoms with E-state index < -0.39 is 0 Å². The molecule has 3 heterocycles. The molecule has 2 aliphatic heterocycles. The molecule has 1 aromatic rings. The standard InChI is InChI=1S/C17H29N5OS/c1-3-18-17(19-7-6-14-12-24-13(2)21-14)20-9-16-10-22-8-4-5-15(22)11-23-16/h12,15-16H,3-11H2,1-2H3,(H2,18,19,20). The van der Waals surface area contributed by atoms with Crippen molar-refractivity contribution in [2.24, 2.45) is 4.99 Å². The topological polar surface area (TPSA) is 61.8 Å². The third-order valence-electron chi connectivity index (χ3n) is 4.60. The van der Waals surface area contributed by atoms with Crippen LogP contribution in [0.5, 0.6) is 0 Å². The fourth-order valence-electron chi connectivity index (χ4n) is 3.36. The molecule has 0 bridgehead atoms. The van der Waals surface area contributed by atoms with Crippen molar-refractivity contribution in [2.75, 3.05) is 39.3 Å². The van der Waals surface area contributed by atoms with Crippen LogP contribution in [0.2, 0.25) is 0 Å². The summed E-state index contributed by atoms with van der Waals surface area (Å²) in [6, 6.07) is 0.651. The molecule has 0 aliphatic carbocycles. The zero-order valence-electron chi connectivity index (χ0n) is 14.8. The quantitative estimate of drug-likeness (QED) is 0.599. The van der Waals surface area contributed by atoms with Crippen molar-refractivity contribution in [3.63, 3.8) is 0 Å². The van der Waals surface area contributed by atoms with E-state index in [2.05, 4.69) is 32.8 Å². The smallest absolute Gasteiger partial charge is 0.191 e. The third kappa shape index (κ3) is 4.91. The lowest BCUT2D eigenvalue weighted by molar-refractivity contribution is -0.0432. The average molecular weight is 352 g/mol.